The van der Waals surface area contributed by atoms with Crippen molar-refractivity contribution < 1.29 is 9.18 Å². The molecule has 0 saturated carbocycles. The minimum atomic E-state index is -1.72. The predicted octanol–water partition coefficient (Wildman–Crippen LogP) is 4.61. The minimum Gasteiger partial charge on any atom is -0.295 e. The molecule has 1 atom stereocenters. The van der Waals surface area contributed by atoms with E-state index in [2.05, 4.69) is 0 Å². The van der Waals surface area contributed by atoms with Gasteiger partial charge in [-0.2, -0.15) is 0 Å². The van der Waals surface area contributed by atoms with Gasteiger partial charge >= 0.3 is 0 Å². The Bertz CT molecular complexity index is 291. The molecule has 0 aromatic heterocycles. The molecule has 1 nitrogen and oxygen atoms in total. The fourth-order valence-electron chi connectivity index (χ4n) is 2.44. The van der Waals surface area contributed by atoms with Crippen LogP contribution in [0.3, 0.4) is 0 Å². The van der Waals surface area contributed by atoms with Crippen molar-refractivity contribution in [2.24, 2.45) is 5.41 Å². The standard InChI is InChI=1S/C15H25FO/c1-4-14(3,5-2)13(17)15(16)11-9-7-6-8-10-12-15/h9,11H,4-8,10,12H2,1-3H3/b11-9-. The molecule has 0 heterocycles. The van der Waals surface area contributed by atoms with Crippen LogP contribution in [-0.2, 0) is 4.79 Å². The highest BCUT2D eigenvalue weighted by Gasteiger charge is 2.44. The van der Waals surface area contributed by atoms with E-state index in [-0.39, 0.29) is 5.78 Å². The lowest BCUT2D eigenvalue weighted by molar-refractivity contribution is -0.138. The van der Waals surface area contributed by atoms with E-state index in [1.165, 1.54) is 6.08 Å². The molecule has 0 bridgehead atoms. The van der Waals surface area contributed by atoms with E-state index in [0.717, 1.165) is 25.7 Å². The fraction of sp³-hybridized carbons (Fsp3) is 0.800. The average molecular weight is 240 g/mol. The van der Waals surface area contributed by atoms with E-state index >= 15 is 0 Å². The maximum absolute atomic E-state index is 14.8. The number of halogens is 1. The number of allylic oxidation sites excluding steroid dienone is 2. The van der Waals surface area contributed by atoms with Crippen LogP contribution in [0.4, 0.5) is 4.39 Å². The first-order chi connectivity index (χ1) is 7.98. The van der Waals surface area contributed by atoms with Crippen molar-refractivity contribution >= 4 is 5.78 Å². The summed E-state index contributed by atoms with van der Waals surface area (Å²) in [5.74, 6) is -0.215. The highest BCUT2D eigenvalue weighted by atomic mass is 19.1. The summed E-state index contributed by atoms with van der Waals surface area (Å²) in [7, 11) is 0. The van der Waals surface area contributed by atoms with Crippen LogP contribution in [0.25, 0.3) is 0 Å². The molecule has 0 aromatic rings. The summed E-state index contributed by atoms with van der Waals surface area (Å²) in [5, 5.41) is 0. The third kappa shape index (κ3) is 3.17. The number of ketones is 1. The van der Waals surface area contributed by atoms with Gasteiger partial charge in [0.1, 0.15) is 0 Å². The van der Waals surface area contributed by atoms with Gasteiger partial charge in [-0.15, -0.1) is 0 Å². The number of hydrogen-bond donors (Lipinski definition) is 0. The van der Waals surface area contributed by atoms with Crippen molar-refractivity contribution in [2.45, 2.75) is 71.4 Å². The molecular formula is C15H25FO. The molecular weight excluding hydrogens is 215 g/mol. The first kappa shape index (κ1) is 14.4. The molecule has 0 radical (unpaired) electrons. The maximum Gasteiger partial charge on any atom is 0.187 e. The molecule has 17 heavy (non-hydrogen) atoms. The van der Waals surface area contributed by atoms with Crippen molar-refractivity contribution in [3.8, 4) is 0 Å². The number of Topliss-reactive ketones (excluding diaryl/α,β-unsaturated/α-hetero) is 1. The van der Waals surface area contributed by atoms with E-state index in [0.29, 0.717) is 19.3 Å². The monoisotopic (exact) mass is 240 g/mol. The summed E-state index contributed by atoms with van der Waals surface area (Å²) >= 11 is 0. The Hall–Kier alpha value is -0.660. The predicted molar refractivity (Wildman–Crippen MR) is 69.8 cm³/mol. The Balaban J connectivity index is 2.93. The second-order valence-corrected chi connectivity index (χ2v) is 5.46. The molecule has 1 unspecified atom stereocenters. The van der Waals surface area contributed by atoms with Gasteiger partial charge < -0.3 is 0 Å². The summed E-state index contributed by atoms with van der Waals surface area (Å²) < 4.78 is 14.8. The second-order valence-electron chi connectivity index (χ2n) is 5.46. The van der Waals surface area contributed by atoms with E-state index in [9.17, 15) is 9.18 Å². The van der Waals surface area contributed by atoms with Crippen LogP contribution in [0.2, 0.25) is 0 Å². The largest absolute Gasteiger partial charge is 0.295 e. The Morgan fingerprint density at radius 1 is 1.29 bits per heavy atom. The van der Waals surface area contributed by atoms with E-state index in [4.69, 9.17) is 0 Å². The van der Waals surface area contributed by atoms with Gasteiger partial charge in [0.05, 0.1) is 0 Å². The third-order valence-corrected chi connectivity index (χ3v) is 4.28. The van der Waals surface area contributed by atoms with Crippen LogP contribution in [0, 0.1) is 5.41 Å². The Labute approximate surface area is 104 Å². The summed E-state index contributed by atoms with van der Waals surface area (Å²) in [6.07, 6.45) is 9.00. The molecule has 0 saturated heterocycles. The average Bonchev–Trinajstić information content (AvgIpc) is 2.32. The third-order valence-electron chi connectivity index (χ3n) is 4.28. The molecule has 0 aromatic carbocycles. The van der Waals surface area contributed by atoms with Gasteiger partial charge in [-0.1, -0.05) is 33.3 Å². The van der Waals surface area contributed by atoms with Gasteiger partial charge in [-0.05, 0) is 44.6 Å². The van der Waals surface area contributed by atoms with Gasteiger partial charge in [0.2, 0.25) is 0 Å². The molecule has 98 valence electrons. The Morgan fingerprint density at radius 3 is 2.53 bits per heavy atom. The lowest BCUT2D eigenvalue weighted by atomic mass is 9.72. The molecule has 0 spiro atoms. The highest BCUT2D eigenvalue weighted by Crippen LogP contribution is 2.37. The van der Waals surface area contributed by atoms with E-state index in [1.54, 1.807) is 0 Å². The zero-order valence-electron chi connectivity index (χ0n) is 11.4. The summed E-state index contributed by atoms with van der Waals surface area (Å²) in [4.78, 5) is 12.4. The normalized spacial score (nSPS) is 28.2. The van der Waals surface area contributed by atoms with Gasteiger partial charge in [0.15, 0.2) is 11.5 Å². The van der Waals surface area contributed by atoms with E-state index in [1.807, 2.05) is 26.8 Å². The second kappa shape index (κ2) is 5.79. The molecule has 0 amide bonds. The topological polar surface area (TPSA) is 17.1 Å². The van der Waals surface area contributed by atoms with Crippen LogP contribution in [0.5, 0.6) is 0 Å². The maximum atomic E-state index is 14.8. The van der Waals surface area contributed by atoms with E-state index < -0.39 is 11.1 Å². The van der Waals surface area contributed by atoms with Crippen LogP contribution in [0.1, 0.15) is 65.7 Å². The van der Waals surface area contributed by atoms with Crippen LogP contribution in [0.15, 0.2) is 12.2 Å². The number of carbonyl (C=O) groups excluding carboxylic acids is 1. The van der Waals surface area contributed by atoms with Gasteiger partial charge in [0, 0.05) is 5.41 Å². The lowest BCUT2D eigenvalue weighted by Gasteiger charge is -2.33. The van der Waals surface area contributed by atoms with Crippen molar-refractivity contribution in [3.05, 3.63) is 12.2 Å². The van der Waals surface area contributed by atoms with Crippen molar-refractivity contribution in [2.75, 3.05) is 0 Å². The first-order valence-corrected chi connectivity index (χ1v) is 6.90. The Kier molecular flexibility index (Phi) is 4.91. The number of carbonyl (C=O) groups is 1. The highest BCUT2D eigenvalue weighted by molar-refractivity contribution is 5.94. The van der Waals surface area contributed by atoms with Crippen molar-refractivity contribution in [1.82, 2.24) is 0 Å². The van der Waals surface area contributed by atoms with Crippen molar-refractivity contribution in [3.63, 3.8) is 0 Å². The number of alkyl halides is 1. The van der Waals surface area contributed by atoms with Gasteiger partial charge in [-0.25, -0.2) is 4.39 Å². The quantitative estimate of drug-likeness (QED) is 0.656. The van der Waals surface area contributed by atoms with Gasteiger partial charge in [0.25, 0.3) is 0 Å². The van der Waals surface area contributed by atoms with Crippen LogP contribution in [-0.4, -0.2) is 11.5 Å². The molecule has 0 N–H and O–H groups in total. The summed E-state index contributed by atoms with van der Waals surface area (Å²) in [6.45, 7) is 5.83. The fourth-order valence-corrected chi connectivity index (χ4v) is 2.44. The van der Waals surface area contributed by atoms with Gasteiger partial charge in [-0.3, -0.25) is 4.79 Å². The zero-order chi connectivity index (χ0) is 12.9. The number of rotatable bonds is 4. The number of hydrogen-bond acceptors (Lipinski definition) is 1. The van der Waals surface area contributed by atoms with Crippen LogP contribution >= 0.6 is 0 Å². The van der Waals surface area contributed by atoms with Crippen molar-refractivity contribution in [1.29, 1.82) is 0 Å². The molecule has 2 heteroatoms. The Morgan fingerprint density at radius 2 is 1.94 bits per heavy atom. The molecule has 1 rings (SSSR count). The zero-order valence-corrected chi connectivity index (χ0v) is 11.4. The minimum absolute atomic E-state index is 0.215. The lowest BCUT2D eigenvalue weighted by Crippen LogP contribution is -2.43. The summed E-state index contributed by atoms with van der Waals surface area (Å²) in [5.41, 5.74) is -2.24. The SMILES string of the molecule is CCC(C)(CC)C(=O)C1(F)/C=C\CCCCC1. The molecule has 1 aliphatic carbocycles. The molecule has 0 aliphatic heterocycles. The van der Waals surface area contributed by atoms with Crippen LogP contribution < -0.4 is 0 Å². The molecule has 1 aliphatic rings. The summed E-state index contributed by atoms with van der Waals surface area (Å²) in [6, 6.07) is 0. The first-order valence-electron chi connectivity index (χ1n) is 6.90. The molecule has 0 fully saturated rings. The smallest absolute Gasteiger partial charge is 0.187 e.